The third kappa shape index (κ3) is 3.58. The van der Waals surface area contributed by atoms with Crippen LogP contribution in [0.15, 0.2) is 24.3 Å². The molecule has 14 heavy (non-hydrogen) atoms. The van der Waals surface area contributed by atoms with Gasteiger partial charge in [-0.2, -0.15) is 0 Å². The summed E-state index contributed by atoms with van der Waals surface area (Å²) in [5.41, 5.74) is 7.52. The molecule has 1 aromatic carbocycles. The zero-order valence-corrected chi connectivity index (χ0v) is 8.42. The molecule has 0 saturated carbocycles. The van der Waals surface area contributed by atoms with Gasteiger partial charge in [-0.15, -0.1) is 0 Å². The first-order valence-corrected chi connectivity index (χ1v) is 4.71. The quantitative estimate of drug-likeness (QED) is 0.551. The summed E-state index contributed by atoms with van der Waals surface area (Å²) in [7, 11) is 0. The molecule has 0 atom stereocenters. The van der Waals surface area contributed by atoms with Crippen LogP contribution in [0.2, 0.25) is 0 Å². The first kappa shape index (κ1) is 10.7. The van der Waals surface area contributed by atoms with Crippen molar-refractivity contribution in [2.45, 2.75) is 20.0 Å². The summed E-state index contributed by atoms with van der Waals surface area (Å²) >= 11 is 0. The van der Waals surface area contributed by atoms with E-state index in [2.05, 4.69) is 0 Å². The van der Waals surface area contributed by atoms with Crippen molar-refractivity contribution in [2.75, 3.05) is 6.61 Å². The van der Waals surface area contributed by atoms with Crippen LogP contribution in [-0.4, -0.2) is 12.4 Å². The number of rotatable bonds is 5. The molecule has 0 heterocycles. The minimum absolute atomic E-state index is 0.197. The predicted molar refractivity (Wildman–Crippen MR) is 57.4 cm³/mol. The van der Waals surface area contributed by atoms with E-state index in [4.69, 9.17) is 15.9 Å². The largest absolute Gasteiger partial charge is 0.387 e. The average molecular weight is 192 g/mol. The molecule has 0 bridgehead atoms. The van der Waals surface area contributed by atoms with Crippen molar-refractivity contribution >= 4 is 5.84 Å². The van der Waals surface area contributed by atoms with Crippen molar-refractivity contribution in [3.8, 4) is 0 Å². The van der Waals surface area contributed by atoms with E-state index in [0.29, 0.717) is 13.0 Å². The summed E-state index contributed by atoms with van der Waals surface area (Å²) in [6, 6.07) is 7.98. The highest BCUT2D eigenvalue weighted by atomic mass is 16.5. The second-order valence-corrected chi connectivity index (χ2v) is 3.16. The lowest BCUT2D eigenvalue weighted by Crippen LogP contribution is -2.12. The van der Waals surface area contributed by atoms with Gasteiger partial charge in [0.25, 0.3) is 0 Å². The van der Waals surface area contributed by atoms with E-state index in [1.165, 1.54) is 0 Å². The van der Waals surface area contributed by atoms with Crippen molar-refractivity contribution in [3.05, 3.63) is 35.4 Å². The van der Waals surface area contributed by atoms with Crippen LogP contribution in [0.4, 0.5) is 0 Å². The van der Waals surface area contributed by atoms with Crippen molar-refractivity contribution in [1.82, 2.24) is 0 Å². The van der Waals surface area contributed by atoms with Gasteiger partial charge in [0.15, 0.2) is 0 Å². The van der Waals surface area contributed by atoms with Crippen LogP contribution in [0.3, 0.4) is 0 Å². The fraction of sp³-hybridized carbons (Fsp3) is 0.364. The molecule has 1 rings (SSSR count). The second kappa shape index (κ2) is 5.40. The third-order valence-corrected chi connectivity index (χ3v) is 1.89. The first-order chi connectivity index (χ1) is 6.72. The van der Waals surface area contributed by atoms with Gasteiger partial charge < -0.3 is 10.5 Å². The van der Waals surface area contributed by atoms with Gasteiger partial charge in [-0.1, -0.05) is 24.3 Å². The molecular formula is C11H16N2O. The summed E-state index contributed by atoms with van der Waals surface area (Å²) in [6.07, 6.45) is 0.523. The molecule has 0 aliphatic rings. The monoisotopic (exact) mass is 192 g/mol. The second-order valence-electron chi connectivity index (χ2n) is 3.16. The van der Waals surface area contributed by atoms with Crippen LogP contribution < -0.4 is 5.73 Å². The number of benzene rings is 1. The van der Waals surface area contributed by atoms with Gasteiger partial charge in [-0.25, -0.2) is 0 Å². The highest BCUT2D eigenvalue weighted by Crippen LogP contribution is 2.06. The smallest absolute Gasteiger partial charge is 0.0950 e. The molecule has 0 amide bonds. The first-order valence-electron chi connectivity index (χ1n) is 4.71. The fourth-order valence-electron chi connectivity index (χ4n) is 1.19. The van der Waals surface area contributed by atoms with Gasteiger partial charge in [0.2, 0.25) is 0 Å². The zero-order valence-electron chi connectivity index (χ0n) is 8.42. The Morgan fingerprint density at radius 2 is 1.86 bits per heavy atom. The van der Waals surface area contributed by atoms with Gasteiger partial charge in [-0.3, -0.25) is 5.41 Å². The Kier molecular flexibility index (Phi) is 4.13. The molecule has 1 aromatic rings. The maximum atomic E-state index is 7.15. The Morgan fingerprint density at radius 1 is 1.29 bits per heavy atom. The number of nitrogens with one attached hydrogen (secondary N) is 1. The number of ether oxygens (including phenoxy) is 1. The maximum Gasteiger partial charge on any atom is 0.0950 e. The maximum absolute atomic E-state index is 7.15. The standard InChI is InChI=1S/C11H16N2O/c1-2-14-8-10-5-3-9(4-6-10)7-11(12)13/h3-6H,2,7-8H2,1H3,(H3,12,13). The van der Waals surface area contributed by atoms with Gasteiger partial charge in [0.05, 0.1) is 12.4 Å². The summed E-state index contributed by atoms with van der Waals surface area (Å²) in [6.45, 7) is 3.36. The topological polar surface area (TPSA) is 59.1 Å². The van der Waals surface area contributed by atoms with E-state index in [0.717, 1.165) is 17.7 Å². The van der Waals surface area contributed by atoms with E-state index in [9.17, 15) is 0 Å². The minimum atomic E-state index is 0.197. The fourth-order valence-corrected chi connectivity index (χ4v) is 1.19. The number of nitrogens with two attached hydrogens (primary N) is 1. The lowest BCUT2D eigenvalue weighted by Gasteiger charge is -2.03. The molecular weight excluding hydrogens is 176 g/mol. The molecule has 0 aromatic heterocycles. The van der Waals surface area contributed by atoms with Crippen LogP contribution in [-0.2, 0) is 17.8 Å². The Morgan fingerprint density at radius 3 is 2.36 bits per heavy atom. The van der Waals surface area contributed by atoms with Gasteiger partial charge in [-0.05, 0) is 18.1 Å². The highest BCUT2D eigenvalue weighted by Gasteiger charge is 1.96. The van der Waals surface area contributed by atoms with Gasteiger partial charge in [0.1, 0.15) is 0 Å². The van der Waals surface area contributed by atoms with Gasteiger partial charge >= 0.3 is 0 Å². The summed E-state index contributed by atoms with van der Waals surface area (Å²) in [5, 5.41) is 7.15. The molecule has 3 nitrogen and oxygen atoms in total. The van der Waals surface area contributed by atoms with Crippen LogP contribution in [0, 0.1) is 5.41 Å². The number of hydrogen-bond acceptors (Lipinski definition) is 2. The van der Waals surface area contributed by atoms with Crippen LogP contribution in [0.5, 0.6) is 0 Å². The molecule has 0 radical (unpaired) electrons. The van der Waals surface area contributed by atoms with E-state index < -0.39 is 0 Å². The summed E-state index contributed by atoms with van der Waals surface area (Å²) < 4.78 is 5.27. The van der Waals surface area contributed by atoms with Crippen molar-refractivity contribution in [3.63, 3.8) is 0 Å². The van der Waals surface area contributed by atoms with Crippen LogP contribution >= 0.6 is 0 Å². The van der Waals surface area contributed by atoms with Crippen molar-refractivity contribution in [2.24, 2.45) is 5.73 Å². The minimum Gasteiger partial charge on any atom is -0.387 e. The molecule has 76 valence electrons. The molecule has 0 spiro atoms. The number of amidine groups is 1. The Balaban J connectivity index is 2.54. The third-order valence-electron chi connectivity index (χ3n) is 1.89. The Bertz CT molecular complexity index is 293. The number of hydrogen-bond donors (Lipinski definition) is 2. The molecule has 0 unspecified atom stereocenters. The van der Waals surface area contributed by atoms with Crippen LogP contribution in [0.25, 0.3) is 0 Å². The molecule has 3 heteroatoms. The van der Waals surface area contributed by atoms with E-state index in [-0.39, 0.29) is 5.84 Å². The molecule has 0 aliphatic heterocycles. The molecule has 0 aliphatic carbocycles. The van der Waals surface area contributed by atoms with E-state index in [1.807, 2.05) is 31.2 Å². The lowest BCUT2D eigenvalue weighted by molar-refractivity contribution is 0.134. The van der Waals surface area contributed by atoms with Crippen LogP contribution in [0.1, 0.15) is 18.1 Å². The Hall–Kier alpha value is -1.35. The zero-order chi connectivity index (χ0) is 10.4. The summed E-state index contributed by atoms with van der Waals surface area (Å²) in [5.74, 6) is 0.197. The van der Waals surface area contributed by atoms with E-state index >= 15 is 0 Å². The molecule has 0 saturated heterocycles. The molecule has 0 fully saturated rings. The Labute approximate surface area is 84.4 Å². The highest BCUT2D eigenvalue weighted by molar-refractivity contribution is 5.79. The van der Waals surface area contributed by atoms with Crippen molar-refractivity contribution < 1.29 is 4.74 Å². The van der Waals surface area contributed by atoms with E-state index in [1.54, 1.807) is 0 Å². The summed E-state index contributed by atoms with van der Waals surface area (Å²) in [4.78, 5) is 0. The average Bonchev–Trinajstić information content (AvgIpc) is 2.16. The normalized spacial score (nSPS) is 10.1. The van der Waals surface area contributed by atoms with Crippen molar-refractivity contribution in [1.29, 1.82) is 5.41 Å². The molecule has 3 N–H and O–H groups in total. The SMILES string of the molecule is CCOCc1ccc(CC(=N)N)cc1. The van der Waals surface area contributed by atoms with Gasteiger partial charge in [0, 0.05) is 13.0 Å². The predicted octanol–water partition coefficient (Wildman–Crippen LogP) is 1.70. The lowest BCUT2D eigenvalue weighted by atomic mass is 10.1.